The smallest absolute Gasteiger partial charge is 0.251 e. The highest BCUT2D eigenvalue weighted by atomic mass is 32.1. The van der Waals surface area contributed by atoms with Crippen LogP contribution in [0, 0.1) is 0 Å². The average molecular weight is 257 g/mol. The number of ether oxygens (including phenoxy) is 1. The summed E-state index contributed by atoms with van der Waals surface area (Å²) in [7, 11) is 1.83. The van der Waals surface area contributed by atoms with Crippen molar-refractivity contribution >= 4 is 23.2 Å². The van der Waals surface area contributed by atoms with Crippen molar-refractivity contribution in [1.82, 2.24) is 15.1 Å². The number of nitrogens with one attached hydrogen (secondary N) is 1. The van der Waals surface area contributed by atoms with Crippen molar-refractivity contribution in [3.8, 4) is 0 Å². The largest absolute Gasteiger partial charge is 0.368 e. The molecule has 1 N–H and O–H groups in total. The van der Waals surface area contributed by atoms with Gasteiger partial charge in [0.05, 0.1) is 0 Å². The van der Waals surface area contributed by atoms with E-state index < -0.39 is 0 Å². The van der Waals surface area contributed by atoms with E-state index in [0.29, 0.717) is 0 Å². The van der Waals surface area contributed by atoms with Crippen molar-refractivity contribution in [1.29, 1.82) is 0 Å². The molecule has 0 aromatic heterocycles. The van der Waals surface area contributed by atoms with Crippen LogP contribution in [0.4, 0.5) is 0 Å². The maximum atomic E-state index is 12.1. The molecule has 1 amide bonds. The topological polar surface area (TPSA) is 44.8 Å². The van der Waals surface area contributed by atoms with Gasteiger partial charge >= 0.3 is 0 Å². The summed E-state index contributed by atoms with van der Waals surface area (Å²) in [6.07, 6.45) is 1.67. The molecule has 2 heterocycles. The summed E-state index contributed by atoms with van der Waals surface area (Å²) < 4.78 is 5.42. The first kappa shape index (κ1) is 12.6. The van der Waals surface area contributed by atoms with E-state index in [1.54, 1.807) is 0 Å². The molecule has 2 aliphatic rings. The molecule has 2 rings (SSSR count). The normalized spacial score (nSPS) is 24.9. The fourth-order valence-corrected chi connectivity index (χ4v) is 2.45. The summed E-state index contributed by atoms with van der Waals surface area (Å²) in [6, 6.07) is 0. The molecule has 0 aromatic rings. The Balaban J connectivity index is 1.82. The Morgan fingerprint density at radius 2 is 1.94 bits per heavy atom. The summed E-state index contributed by atoms with van der Waals surface area (Å²) >= 11 is 5.17. The SMILES string of the molecule is CNC(=S)N1CCN(C(=O)[C@@H]2CCCO2)CC1. The first-order chi connectivity index (χ1) is 8.22. The molecule has 2 fully saturated rings. The number of thiocarbonyl (C=S) groups is 1. The van der Waals surface area contributed by atoms with Crippen LogP contribution in [-0.2, 0) is 9.53 Å². The minimum Gasteiger partial charge on any atom is -0.368 e. The van der Waals surface area contributed by atoms with E-state index in [9.17, 15) is 4.79 Å². The molecule has 0 aliphatic carbocycles. The van der Waals surface area contributed by atoms with E-state index in [-0.39, 0.29) is 12.0 Å². The van der Waals surface area contributed by atoms with Crippen molar-refractivity contribution in [2.75, 3.05) is 39.8 Å². The second-order valence-electron chi connectivity index (χ2n) is 4.37. The molecular formula is C11H19N3O2S. The fraction of sp³-hybridized carbons (Fsp3) is 0.818. The number of rotatable bonds is 1. The van der Waals surface area contributed by atoms with Crippen LogP contribution in [0.1, 0.15) is 12.8 Å². The molecule has 0 spiro atoms. The number of hydrogen-bond donors (Lipinski definition) is 1. The molecule has 0 radical (unpaired) electrons. The number of nitrogens with zero attached hydrogens (tertiary/aromatic N) is 2. The van der Waals surface area contributed by atoms with Gasteiger partial charge in [-0.3, -0.25) is 4.79 Å². The molecule has 2 aliphatic heterocycles. The van der Waals surface area contributed by atoms with Gasteiger partial charge in [0.1, 0.15) is 6.10 Å². The molecular weight excluding hydrogens is 238 g/mol. The van der Waals surface area contributed by atoms with E-state index in [1.165, 1.54) is 0 Å². The molecule has 2 saturated heterocycles. The van der Waals surface area contributed by atoms with Crippen LogP contribution in [0.2, 0.25) is 0 Å². The number of carbonyl (C=O) groups is 1. The van der Waals surface area contributed by atoms with E-state index in [2.05, 4.69) is 10.2 Å². The van der Waals surface area contributed by atoms with Gasteiger partial charge in [0.25, 0.3) is 5.91 Å². The van der Waals surface area contributed by atoms with Crippen LogP contribution < -0.4 is 5.32 Å². The molecule has 0 saturated carbocycles. The van der Waals surface area contributed by atoms with Gasteiger partial charge in [0, 0.05) is 39.8 Å². The molecule has 0 aromatic carbocycles. The summed E-state index contributed by atoms with van der Waals surface area (Å²) in [6.45, 7) is 3.80. The first-order valence-corrected chi connectivity index (χ1v) is 6.50. The summed E-state index contributed by atoms with van der Waals surface area (Å²) in [5, 5.41) is 3.72. The monoisotopic (exact) mass is 257 g/mol. The zero-order valence-electron chi connectivity index (χ0n) is 10.1. The lowest BCUT2D eigenvalue weighted by molar-refractivity contribution is -0.142. The Bertz CT molecular complexity index is 297. The molecule has 6 heteroatoms. The molecule has 17 heavy (non-hydrogen) atoms. The predicted molar refractivity (Wildman–Crippen MR) is 68.8 cm³/mol. The van der Waals surface area contributed by atoms with Gasteiger partial charge in [-0.2, -0.15) is 0 Å². The molecule has 0 bridgehead atoms. The van der Waals surface area contributed by atoms with Gasteiger partial charge < -0.3 is 19.9 Å². The predicted octanol–water partition coefficient (Wildman–Crippen LogP) is -0.186. The number of piperazine rings is 1. The Labute approximate surface area is 107 Å². The fourth-order valence-electron chi connectivity index (χ4n) is 2.26. The second kappa shape index (κ2) is 5.64. The molecule has 96 valence electrons. The Morgan fingerprint density at radius 3 is 2.47 bits per heavy atom. The van der Waals surface area contributed by atoms with Gasteiger partial charge in [0.2, 0.25) is 0 Å². The lowest BCUT2D eigenvalue weighted by Crippen LogP contribution is -2.54. The van der Waals surface area contributed by atoms with E-state index in [4.69, 9.17) is 17.0 Å². The van der Waals surface area contributed by atoms with Gasteiger partial charge in [-0.15, -0.1) is 0 Å². The number of hydrogen-bond acceptors (Lipinski definition) is 3. The summed E-state index contributed by atoms with van der Waals surface area (Å²) in [5.74, 6) is 0.150. The molecule has 5 nitrogen and oxygen atoms in total. The third-order valence-electron chi connectivity index (χ3n) is 3.30. The van der Waals surface area contributed by atoms with Crippen LogP contribution in [0.3, 0.4) is 0 Å². The third-order valence-corrected chi connectivity index (χ3v) is 3.76. The van der Waals surface area contributed by atoms with Crippen molar-refractivity contribution in [2.45, 2.75) is 18.9 Å². The van der Waals surface area contributed by atoms with E-state index in [0.717, 1.165) is 50.7 Å². The van der Waals surface area contributed by atoms with Crippen molar-refractivity contribution in [2.24, 2.45) is 0 Å². The van der Waals surface area contributed by atoms with Crippen LogP contribution >= 0.6 is 12.2 Å². The molecule has 1 atom stereocenters. The Morgan fingerprint density at radius 1 is 1.29 bits per heavy atom. The average Bonchev–Trinajstić information content (AvgIpc) is 2.91. The highest BCUT2D eigenvalue weighted by Crippen LogP contribution is 2.15. The van der Waals surface area contributed by atoms with Gasteiger partial charge in [0.15, 0.2) is 5.11 Å². The number of carbonyl (C=O) groups excluding carboxylic acids is 1. The van der Waals surface area contributed by atoms with Gasteiger partial charge in [-0.05, 0) is 25.1 Å². The van der Waals surface area contributed by atoms with Crippen LogP contribution in [0.15, 0.2) is 0 Å². The molecule has 0 unspecified atom stereocenters. The van der Waals surface area contributed by atoms with Crippen molar-refractivity contribution in [3.05, 3.63) is 0 Å². The Kier molecular flexibility index (Phi) is 4.17. The van der Waals surface area contributed by atoms with Gasteiger partial charge in [-0.1, -0.05) is 0 Å². The zero-order valence-corrected chi connectivity index (χ0v) is 11.0. The second-order valence-corrected chi connectivity index (χ2v) is 4.76. The quantitative estimate of drug-likeness (QED) is 0.660. The van der Waals surface area contributed by atoms with E-state index >= 15 is 0 Å². The summed E-state index contributed by atoms with van der Waals surface area (Å²) in [4.78, 5) is 16.1. The van der Waals surface area contributed by atoms with Crippen LogP contribution in [-0.4, -0.2) is 66.8 Å². The van der Waals surface area contributed by atoms with Gasteiger partial charge in [-0.25, -0.2) is 0 Å². The third kappa shape index (κ3) is 2.87. The number of amides is 1. The van der Waals surface area contributed by atoms with Crippen LogP contribution in [0.25, 0.3) is 0 Å². The maximum Gasteiger partial charge on any atom is 0.251 e. The van der Waals surface area contributed by atoms with Crippen molar-refractivity contribution in [3.63, 3.8) is 0 Å². The Hall–Kier alpha value is -0.880. The van der Waals surface area contributed by atoms with Crippen LogP contribution in [0.5, 0.6) is 0 Å². The maximum absolute atomic E-state index is 12.1. The zero-order chi connectivity index (χ0) is 12.3. The minimum atomic E-state index is -0.196. The highest BCUT2D eigenvalue weighted by molar-refractivity contribution is 7.80. The standard InChI is InChI=1S/C11H19N3O2S/c1-12-11(17)14-6-4-13(5-7-14)10(15)9-3-2-8-16-9/h9H,2-8H2,1H3,(H,12,17)/t9-/m0/s1. The minimum absolute atomic E-state index is 0.150. The lowest BCUT2D eigenvalue weighted by Gasteiger charge is -2.36. The van der Waals surface area contributed by atoms with Crippen molar-refractivity contribution < 1.29 is 9.53 Å². The van der Waals surface area contributed by atoms with E-state index in [1.807, 2.05) is 11.9 Å². The lowest BCUT2D eigenvalue weighted by atomic mass is 10.2. The first-order valence-electron chi connectivity index (χ1n) is 6.09. The highest BCUT2D eigenvalue weighted by Gasteiger charge is 2.30. The summed E-state index contributed by atoms with van der Waals surface area (Å²) in [5.41, 5.74) is 0.